The molecule has 0 radical (unpaired) electrons. The number of nitrogens with zero attached hydrogens (tertiary/aromatic N) is 2. The first kappa shape index (κ1) is 14.6. The Bertz CT molecular complexity index is 645. The van der Waals surface area contributed by atoms with E-state index in [9.17, 15) is 5.11 Å². The minimum Gasteiger partial charge on any atom is -0.389 e. The van der Waals surface area contributed by atoms with Gasteiger partial charge in [-0.05, 0) is 48.9 Å². The van der Waals surface area contributed by atoms with Gasteiger partial charge in [0.2, 0.25) is 0 Å². The molecule has 0 heterocycles. The lowest BCUT2D eigenvalue weighted by molar-refractivity contribution is 0.198. The van der Waals surface area contributed by atoms with Crippen LogP contribution in [-0.2, 0) is 0 Å². The summed E-state index contributed by atoms with van der Waals surface area (Å²) in [5.74, 6) is 0. The normalized spacial score (nSPS) is 11.8. The Hall–Kier alpha value is -1.83. The smallest absolute Gasteiger partial charge is 0.0991 e. The molecule has 2 aromatic rings. The van der Waals surface area contributed by atoms with Crippen LogP contribution in [0.3, 0.4) is 0 Å². The van der Waals surface area contributed by atoms with Crippen LogP contribution in [0.5, 0.6) is 0 Å². The summed E-state index contributed by atoms with van der Waals surface area (Å²) in [6, 6.07) is 15.4. The second-order valence-electron chi connectivity index (χ2n) is 4.60. The maximum atomic E-state index is 9.63. The van der Waals surface area contributed by atoms with Gasteiger partial charge in [-0.25, -0.2) is 0 Å². The number of aliphatic hydroxyl groups is 1. The molecule has 0 saturated carbocycles. The van der Waals surface area contributed by atoms with E-state index in [2.05, 4.69) is 22.0 Å². The van der Waals surface area contributed by atoms with Crippen molar-refractivity contribution in [2.45, 2.75) is 13.0 Å². The van der Waals surface area contributed by atoms with Gasteiger partial charge < -0.3 is 10.0 Å². The highest BCUT2D eigenvalue weighted by Gasteiger charge is 2.10. The number of halogens is 1. The van der Waals surface area contributed by atoms with Gasteiger partial charge in [-0.1, -0.05) is 22.0 Å². The van der Waals surface area contributed by atoms with Crippen LogP contribution in [0.25, 0.3) is 0 Å². The van der Waals surface area contributed by atoms with Gasteiger partial charge in [0.05, 0.1) is 17.7 Å². The minimum atomic E-state index is -0.501. The van der Waals surface area contributed by atoms with Gasteiger partial charge in [0.1, 0.15) is 0 Å². The molecule has 0 amide bonds. The average molecular weight is 331 g/mol. The fourth-order valence-corrected chi connectivity index (χ4v) is 2.67. The first-order valence-electron chi connectivity index (χ1n) is 6.24. The molecule has 0 saturated heterocycles. The number of hydrogen-bond donors (Lipinski definition) is 1. The molecule has 1 atom stereocenters. The molecule has 1 N–H and O–H groups in total. The Labute approximate surface area is 127 Å². The van der Waals surface area contributed by atoms with Gasteiger partial charge in [0.15, 0.2) is 0 Å². The molecular formula is C16H15BrN2O. The predicted octanol–water partition coefficient (Wildman–Crippen LogP) is 4.14. The average Bonchev–Trinajstić information content (AvgIpc) is 2.46. The molecule has 0 aliphatic carbocycles. The van der Waals surface area contributed by atoms with E-state index in [1.54, 1.807) is 19.1 Å². The molecular weight excluding hydrogens is 316 g/mol. The van der Waals surface area contributed by atoms with Crippen LogP contribution < -0.4 is 4.90 Å². The minimum absolute atomic E-state index is 0.501. The quantitative estimate of drug-likeness (QED) is 0.919. The number of aliphatic hydroxyl groups excluding tert-OH is 1. The molecule has 20 heavy (non-hydrogen) atoms. The van der Waals surface area contributed by atoms with Crippen molar-refractivity contribution in [1.29, 1.82) is 5.26 Å². The summed E-state index contributed by atoms with van der Waals surface area (Å²) in [5, 5.41) is 18.4. The molecule has 102 valence electrons. The molecule has 4 heteroatoms. The fourth-order valence-electron chi connectivity index (χ4n) is 1.97. The van der Waals surface area contributed by atoms with E-state index in [1.165, 1.54) is 0 Å². The van der Waals surface area contributed by atoms with E-state index in [4.69, 9.17) is 5.26 Å². The first-order chi connectivity index (χ1) is 9.52. The lowest BCUT2D eigenvalue weighted by atomic mass is 10.1. The molecule has 0 aromatic heterocycles. The molecule has 2 aromatic carbocycles. The maximum Gasteiger partial charge on any atom is 0.0991 e. The zero-order valence-corrected chi connectivity index (χ0v) is 12.9. The summed E-state index contributed by atoms with van der Waals surface area (Å²) >= 11 is 3.48. The monoisotopic (exact) mass is 330 g/mol. The summed E-state index contributed by atoms with van der Waals surface area (Å²) in [6.07, 6.45) is -0.501. The Balaban J connectivity index is 2.31. The highest BCUT2D eigenvalue weighted by molar-refractivity contribution is 9.10. The van der Waals surface area contributed by atoms with Crippen molar-refractivity contribution < 1.29 is 5.11 Å². The number of hydrogen-bond acceptors (Lipinski definition) is 3. The third-order valence-electron chi connectivity index (χ3n) is 3.21. The van der Waals surface area contributed by atoms with Crippen molar-refractivity contribution >= 4 is 27.3 Å². The van der Waals surface area contributed by atoms with Crippen LogP contribution >= 0.6 is 15.9 Å². The van der Waals surface area contributed by atoms with Crippen molar-refractivity contribution in [2.75, 3.05) is 11.9 Å². The van der Waals surface area contributed by atoms with Crippen molar-refractivity contribution in [3.63, 3.8) is 0 Å². The highest BCUT2D eigenvalue weighted by Crippen LogP contribution is 2.31. The Morgan fingerprint density at radius 3 is 2.25 bits per heavy atom. The van der Waals surface area contributed by atoms with Crippen LogP contribution in [0.2, 0.25) is 0 Å². The molecule has 0 spiro atoms. The van der Waals surface area contributed by atoms with Crippen LogP contribution in [0.4, 0.5) is 11.4 Å². The lowest BCUT2D eigenvalue weighted by Crippen LogP contribution is -2.09. The molecule has 0 aliphatic rings. The van der Waals surface area contributed by atoms with E-state index in [1.807, 2.05) is 42.3 Å². The standard InChI is InChI=1S/C16H15BrN2O/c1-11(20)15-8-7-14(9-16(15)17)19(2)13-5-3-12(10-18)4-6-13/h3-9,11,20H,1-2H3. The lowest BCUT2D eigenvalue weighted by Gasteiger charge is -2.21. The first-order valence-corrected chi connectivity index (χ1v) is 7.03. The Morgan fingerprint density at radius 2 is 1.75 bits per heavy atom. The summed E-state index contributed by atoms with van der Waals surface area (Å²) in [6.45, 7) is 1.74. The van der Waals surface area contributed by atoms with Gasteiger partial charge in [-0.3, -0.25) is 0 Å². The predicted molar refractivity (Wildman–Crippen MR) is 84.0 cm³/mol. The number of rotatable bonds is 3. The zero-order chi connectivity index (χ0) is 14.7. The van der Waals surface area contributed by atoms with Gasteiger partial charge in [0, 0.05) is 22.9 Å². The van der Waals surface area contributed by atoms with Crippen molar-refractivity contribution in [1.82, 2.24) is 0 Å². The van der Waals surface area contributed by atoms with Gasteiger partial charge in [-0.2, -0.15) is 5.26 Å². The van der Waals surface area contributed by atoms with Crippen molar-refractivity contribution in [3.05, 3.63) is 58.1 Å². The van der Waals surface area contributed by atoms with Gasteiger partial charge in [0.25, 0.3) is 0 Å². The summed E-state index contributed by atoms with van der Waals surface area (Å²) < 4.78 is 0.880. The van der Waals surface area contributed by atoms with Crippen LogP contribution in [0, 0.1) is 11.3 Å². The summed E-state index contributed by atoms with van der Waals surface area (Å²) in [4.78, 5) is 2.03. The largest absolute Gasteiger partial charge is 0.389 e. The highest BCUT2D eigenvalue weighted by atomic mass is 79.9. The topological polar surface area (TPSA) is 47.3 Å². The van der Waals surface area contributed by atoms with E-state index in [0.29, 0.717) is 5.56 Å². The Morgan fingerprint density at radius 1 is 1.15 bits per heavy atom. The second-order valence-corrected chi connectivity index (χ2v) is 5.45. The number of anilines is 2. The molecule has 2 rings (SSSR count). The zero-order valence-electron chi connectivity index (χ0n) is 11.3. The number of benzene rings is 2. The molecule has 0 fully saturated rings. The molecule has 0 aliphatic heterocycles. The molecule has 0 bridgehead atoms. The van der Waals surface area contributed by atoms with Gasteiger partial charge in [-0.15, -0.1) is 0 Å². The van der Waals surface area contributed by atoms with Crippen LogP contribution in [0.1, 0.15) is 24.2 Å². The van der Waals surface area contributed by atoms with Crippen LogP contribution in [0.15, 0.2) is 46.9 Å². The van der Waals surface area contributed by atoms with E-state index in [-0.39, 0.29) is 0 Å². The summed E-state index contributed by atoms with van der Waals surface area (Å²) in [5.41, 5.74) is 3.52. The van der Waals surface area contributed by atoms with Crippen LogP contribution in [-0.4, -0.2) is 12.2 Å². The van der Waals surface area contributed by atoms with Gasteiger partial charge >= 0.3 is 0 Å². The second kappa shape index (κ2) is 6.08. The van der Waals surface area contributed by atoms with Crippen molar-refractivity contribution in [2.24, 2.45) is 0 Å². The summed E-state index contributed by atoms with van der Waals surface area (Å²) in [7, 11) is 1.96. The van der Waals surface area contributed by atoms with Crippen molar-refractivity contribution in [3.8, 4) is 6.07 Å². The van der Waals surface area contributed by atoms with E-state index >= 15 is 0 Å². The fraction of sp³-hybridized carbons (Fsp3) is 0.188. The third-order valence-corrected chi connectivity index (χ3v) is 3.89. The maximum absolute atomic E-state index is 9.63. The third kappa shape index (κ3) is 3.01. The Kier molecular flexibility index (Phi) is 4.43. The molecule has 1 unspecified atom stereocenters. The SMILES string of the molecule is CC(O)c1ccc(N(C)c2ccc(C#N)cc2)cc1Br. The van der Waals surface area contributed by atoms with E-state index in [0.717, 1.165) is 21.4 Å². The van der Waals surface area contributed by atoms with E-state index < -0.39 is 6.10 Å². The number of nitriles is 1. The molecule has 3 nitrogen and oxygen atoms in total.